The minimum absolute atomic E-state index is 0.556. The van der Waals surface area contributed by atoms with Crippen LogP contribution in [0.3, 0.4) is 0 Å². The minimum Gasteiger partial charge on any atom is -0.316 e. The predicted molar refractivity (Wildman–Crippen MR) is 74.6 cm³/mol. The Morgan fingerprint density at radius 1 is 1.24 bits per heavy atom. The van der Waals surface area contributed by atoms with E-state index in [1.54, 1.807) is 11.3 Å². The van der Waals surface area contributed by atoms with Crippen molar-refractivity contribution in [3.05, 3.63) is 10.0 Å². The highest BCUT2D eigenvalue weighted by Gasteiger charge is 2.09. The van der Waals surface area contributed by atoms with Crippen molar-refractivity contribution in [2.24, 2.45) is 5.92 Å². The van der Waals surface area contributed by atoms with E-state index in [0.717, 1.165) is 38.3 Å². The van der Waals surface area contributed by atoms with E-state index in [1.165, 1.54) is 10.0 Å². The first-order valence-electron chi connectivity index (χ1n) is 6.66. The van der Waals surface area contributed by atoms with Crippen LogP contribution in [-0.4, -0.2) is 23.3 Å². The topological polar surface area (TPSA) is 37.8 Å². The molecule has 98 valence electrons. The van der Waals surface area contributed by atoms with Crippen LogP contribution in [0.25, 0.3) is 0 Å². The lowest BCUT2D eigenvalue weighted by molar-refractivity contribution is 0.542. The second-order valence-electron chi connectivity index (χ2n) is 5.04. The number of aromatic nitrogens is 2. The molecule has 1 aromatic rings. The molecule has 0 bridgehead atoms. The molecule has 0 radical (unpaired) electrons. The largest absolute Gasteiger partial charge is 0.316 e. The maximum Gasteiger partial charge on any atom is 0.120 e. The van der Waals surface area contributed by atoms with Crippen LogP contribution in [0.5, 0.6) is 0 Å². The summed E-state index contributed by atoms with van der Waals surface area (Å²) in [6, 6.07) is 0. The fourth-order valence-electron chi connectivity index (χ4n) is 1.50. The van der Waals surface area contributed by atoms with Crippen LogP contribution in [0.15, 0.2) is 0 Å². The first-order chi connectivity index (χ1) is 8.13. The van der Waals surface area contributed by atoms with Crippen molar-refractivity contribution in [3.8, 4) is 0 Å². The normalized spacial score (nSPS) is 13.2. The summed E-state index contributed by atoms with van der Waals surface area (Å²) in [6.45, 7) is 11.1. The molecule has 1 unspecified atom stereocenters. The lowest BCUT2D eigenvalue weighted by Gasteiger charge is -2.05. The maximum absolute atomic E-state index is 4.26. The minimum atomic E-state index is 0.556. The van der Waals surface area contributed by atoms with E-state index in [2.05, 4.69) is 43.2 Å². The van der Waals surface area contributed by atoms with Gasteiger partial charge < -0.3 is 5.32 Å². The second-order valence-corrected chi connectivity index (χ2v) is 6.14. The summed E-state index contributed by atoms with van der Waals surface area (Å²) in [4.78, 5) is 0. The first-order valence-corrected chi connectivity index (χ1v) is 7.48. The Morgan fingerprint density at radius 2 is 2.00 bits per heavy atom. The SMILES string of the molecule is CCC(C)c1nnc(CCCNCC(C)C)s1. The lowest BCUT2D eigenvalue weighted by atomic mass is 10.1. The smallest absolute Gasteiger partial charge is 0.120 e. The van der Waals surface area contributed by atoms with Crippen LogP contribution >= 0.6 is 11.3 Å². The molecule has 0 aliphatic carbocycles. The summed E-state index contributed by atoms with van der Waals surface area (Å²) in [6.07, 6.45) is 3.35. The highest BCUT2D eigenvalue weighted by Crippen LogP contribution is 2.22. The molecule has 0 fully saturated rings. The molecule has 0 aliphatic heterocycles. The van der Waals surface area contributed by atoms with Crippen LogP contribution in [-0.2, 0) is 6.42 Å². The lowest BCUT2D eigenvalue weighted by Crippen LogP contribution is -2.21. The summed E-state index contributed by atoms with van der Waals surface area (Å²) in [5.41, 5.74) is 0. The molecule has 1 heterocycles. The van der Waals surface area contributed by atoms with Crippen LogP contribution < -0.4 is 5.32 Å². The van der Waals surface area contributed by atoms with Gasteiger partial charge in [-0.1, -0.05) is 27.7 Å². The standard InChI is InChI=1S/C13H25N3S/c1-5-11(4)13-16-15-12(17-13)7-6-8-14-9-10(2)3/h10-11,14H,5-9H2,1-4H3. The van der Waals surface area contributed by atoms with E-state index in [0.29, 0.717) is 5.92 Å². The first kappa shape index (κ1) is 14.6. The zero-order valence-corrected chi connectivity index (χ0v) is 12.3. The van der Waals surface area contributed by atoms with Crippen molar-refractivity contribution >= 4 is 11.3 Å². The van der Waals surface area contributed by atoms with Gasteiger partial charge in [0.05, 0.1) is 0 Å². The van der Waals surface area contributed by atoms with Gasteiger partial charge in [0.25, 0.3) is 0 Å². The Kier molecular flexibility index (Phi) is 6.66. The van der Waals surface area contributed by atoms with Gasteiger partial charge >= 0.3 is 0 Å². The van der Waals surface area contributed by atoms with Gasteiger partial charge in [-0.15, -0.1) is 21.5 Å². The van der Waals surface area contributed by atoms with Crippen LogP contribution in [0.2, 0.25) is 0 Å². The molecule has 0 spiro atoms. The summed E-state index contributed by atoms with van der Waals surface area (Å²) in [5.74, 6) is 1.29. The van der Waals surface area contributed by atoms with Gasteiger partial charge in [0, 0.05) is 12.3 Å². The highest BCUT2D eigenvalue weighted by atomic mass is 32.1. The zero-order chi connectivity index (χ0) is 12.7. The third-order valence-electron chi connectivity index (χ3n) is 2.81. The summed E-state index contributed by atoms with van der Waals surface area (Å²) < 4.78 is 0. The van der Waals surface area contributed by atoms with Crippen LogP contribution in [0.4, 0.5) is 0 Å². The molecule has 0 aliphatic rings. The molecule has 1 aromatic heterocycles. The number of hydrogen-bond donors (Lipinski definition) is 1. The molecule has 3 nitrogen and oxygen atoms in total. The van der Waals surface area contributed by atoms with Crippen molar-refractivity contribution in [3.63, 3.8) is 0 Å². The summed E-state index contributed by atoms with van der Waals surface area (Å²) in [5, 5.41) is 14.4. The van der Waals surface area contributed by atoms with Gasteiger partial charge in [0.1, 0.15) is 10.0 Å². The monoisotopic (exact) mass is 255 g/mol. The van der Waals surface area contributed by atoms with E-state index in [-0.39, 0.29) is 0 Å². The van der Waals surface area contributed by atoms with Crippen molar-refractivity contribution < 1.29 is 0 Å². The van der Waals surface area contributed by atoms with Gasteiger partial charge in [-0.2, -0.15) is 0 Å². The number of nitrogens with zero attached hydrogens (tertiary/aromatic N) is 2. The molecular formula is C13H25N3S. The average Bonchev–Trinajstić information content (AvgIpc) is 2.76. The Bertz CT molecular complexity index is 309. The summed E-state index contributed by atoms with van der Waals surface area (Å²) in [7, 11) is 0. The number of rotatable bonds is 8. The molecule has 0 amide bonds. The van der Waals surface area contributed by atoms with Gasteiger partial charge in [0.2, 0.25) is 0 Å². The van der Waals surface area contributed by atoms with E-state index >= 15 is 0 Å². The Morgan fingerprint density at radius 3 is 2.65 bits per heavy atom. The number of nitrogens with one attached hydrogen (secondary N) is 1. The third-order valence-corrected chi connectivity index (χ3v) is 4.03. The predicted octanol–water partition coefficient (Wildman–Crippen LogP) is 3.23. The van der Waals surface area contributed by atoms with Crippen LogP contribution in [0, 0.1) is 5.92 Å². The van der Waals surface area contributed by atoms with Crippen molar-refractivity contribution in [1.29, 1.82) is 0 Å². The molecule has 0 saturated heterocycles. The van der Waals surface area contributed by atoms with E-state index in [4.69, 9.17) is 0 Å². The Labute approximate surface area is 109 Å². The third kappa shape index (κ3) is 5.59. The number of hydrogen-bond acceptors (Lipinski definition) is 4. The molecule has 4 heteroatoms. The quantitative estimate of drug-likeness (QED) is 0.725. The van der Waals surface area contributed by atoms with Crippen molar-refractivity contribution in [2.45, 2.75) is 52.9 Å². The highest BCUT2D eigenvalue weighted by molar-refractivity contribution is 7.11. The zero-order valence-electron chi connectivity index (χ0n) is 11.5. The average molecular weight is 255 g/mol. The van der Waals surface area contributed by atoms with Gasteiger partial charge in [0.15, 0.2) is 0 Å². The number of aryl methyl sites for hydroxylation is 1. The van der Waals surface area contributed by atoms with E-state index in [1.807, 2.05) is 0 Å². The fourth-order valence-corrected chi connectivity index (χ4v) is 2.52. The molecule has 0 aromatic carbocycles. The molecule has 0 saturated carbocycles. The van der Waals surface area contributed by atoms with Gasteiger partial charge in [-0.05, 0) is 31.8 Å². The van der Waals surface area contributed by atoms with Gasteiger partial charge in [-0.25, -0.2) is 0 Å². The maximum atomic E-state index is 4.26. The second kappa shape index (κ2) is 7.77. The molecular weight excluding hydrogens is 230 g/mol. The van der Waals surface area contributed by atoms with Crippen molar-refractivity contribution in [2.75, 3.05) is 13.1 Å². The molecule has 1 N–H and O–H groups in total. The molecule has 1 rings (SSSR count). The van der Waals surface area contributed by atoms with Crippen LogP contribution in [0.1, 0.15) is 56.5 Å². The van der Waals surface area contributed by atoms with E-state index < -0.39 is 0 Å². The van der Waals surface area contributed by atoms with Gasteiger partial charge in [-0.3, -0.25) is 0 Å². The van der Waals surface area contributed by atoms with Crippen molar-refractivity contribution in [1.82, 2.24) is 15.5 Å². The summed E-state index contributed by atoms with van der Waals surface area (Å²) >= 11 is 1.78. The fraction of sp³-hybridized carbons (Fsp3) is 0.846. The molecule has 17 heavy (non-hydrogen) atoms. The Hall–Kier alpha value is -0.480. The Balaban J connectivity index is 2.21. The molecule has 1 atom stereocenters. The van der Waals surface area contributed by atoms with E-state index in [9.17, 15) is 0 Å².